The van der Waals surface area contributed by atoms with Gasteiger partial charge in [-0.25, -0.2) is 9.97 Å². The van der Waals surface area contributed by atoms with Crippen LogP contribution in [0, 0.1) is 6.92 Å². The largest absolute Gasteiger partial charge is 0.394 e. The molecule has 0 bridgehead atoms. The minimum atomic E-state index is -0.471. The number of aryl methyl sites for hydroxylation is 1. The van der Waals surface area contributed by atoms with Crippen LogP contribution in [0.3, 0.4) is 0 Å². The predicted molar refractivity (Wildman–Crippen MR) is 112 cm³/mol. The van der Waals surface area contributed by atoms with Crippen molar-refractivity contribution in [3.63, 3.8) is 0 Å². The first kappa shape index (κ1) is 20.2. The average molecular weight is 397 g/mol. The Morgan fingerprint density at radius 3 is 2.82 bits per heavy atom. The minimum absolute atomic E-state index is 0.158. The lowest BCUT2D eigenvalue weighted by atomic mass is 10.0. The number of aliphatic hydroxyl groups excluding tert-OH is 1. The number of aromatic nitrogens is 2. The Bertz CT molecular complexity index is 883. The van der Waals surface area contributed by atoms with Crippen LogP contribution in [0.1, 0.15) is 42.1 Å². The van der Waals surface area contributed by atoms with Gasteiger partial charge in [0.2, 0.25) is 0 Å². The Morgan fingerprint density at radius 2 is 2.11 bits per heavy atom. The average Bonchev–Trinajstić information content (AvgIpc) is 3.22. The van der Waals surface area contributed by atoms with Gasteiger partial charge in [-0.05, 0) is 30.5 Å². The maximum absolute atomic E-state index is 12.6. The van der Waals surface area contributed by atoms with E-state index in [4.69, 9.17) is 0 Å². The molecule has 1 aliphatic rings. The molecule has 0 radical (unpaired) electrons. The molecule has 2 atom stereocenters. The van der Waals surface area contributed by atoms with Gasteiger partial charge in [-0.15, -0.1) is 0 Å². The van der Waals surface area contributed by atoms with E-state index in [0.29, 0.717) is 5.70 Å². The third-order valence-corrected chi connectivity index (χ3v) is 5.44. The van der Waals surface area contributed by atoms with Crippen LogP contribution >= 0.6 is 11.8 Å². The summed E-state index contributed by atoms with van der Waals surface area (Å²) >= 11 is 1.62. The third kappa shape index (κ3) is 4.85. The van der Waals surface area contributed by atoms with Crippen molar-refractivity contribution >= 4 is 23.9 Å². The van der Waals surface area contributed by atoms with Crippen LogP contribution in [0.5, 0.6) is 0 Å². The quantitative estimate of drug-likeness (QED) is 0.529. The maximum Gasteiger partial charge on any atom is 0.270 e. The molecule has 0 aliphatic carbocycles. The van der Waals surface area contributed by atoms with Gasteiger partial charge in [0, 0.05) is 18.2 Å². The van der Waals surface area contributed by atoms with E-state index in [1.165, 1.54) is 0 Å². The van der Waals surface area contributed by atoms with Crippen molar-refractivity contribution in [1.29, 1.82) is 0 Å². The first-order chi connectivity index (χ1) is 13.6. The van der Waals surface area contributed by atoms with Crippen molar-refractivity contribution in [3.05, 3.63) is 65.1 Å². The molecule has 1 aromatic heterocycles. The van der Waals surface area contributed by atoms with Crippen LogP contribution in [-0.4, -0.2) is 39.6 Å². The Balaban J connectivity index is 1.73. The van der Waals surface area contributed by atoms with Gasteiger partial charge in [0.1, 0.15) is 5.70 Å². The number of nitrogens with zero attached hydrogens (tertiary/aromatic N) is 3. The SMILES string of the molecule is CCCSc1ncc(C)c(C2C=NC(C(=O)N[C@H](CO)c3ccccc3)=C2)n1. The zero-order valence-corrected chi connectivity index (χ0v) is 16.8. The van der Waals surface area contributed by atoms with Crippen molar-refractivity contribution in [2.24, 2.45) is 4.99 Å². The Morgan fingerprint density at radius 1 is 1.32 bits per heavy atom. The van der Waals surface area contributed by atoms with Crippen molar-refractivity contribution in [2.75, 3.05) is 12.4 Å². The summed E-state index contributed by atoms with van der Waals surface area (Å²) in [5.41, 5.74) is 3.01. The number of rotatable bonds is 8. The number of carbonyl (C=O) groups excluding carboxylic acids is 1. The molecule has 2 heterocycles. The first-order valence-electron chi connectivity index (χ1n) is 9.31. The molecule has 1 unspecified atom stereocenters. The molecule has 3 rings (SSSR count). The van der Waals surface area contributed by atoms with Crippen molar-refractivity contribution < 1.29 is 9.90 Å². The number of hydrogen-bond acceptors (Lipinski definition) is 6. The molecule has 0 spiro atoms. The van der Waals surface area contributed by atoms with Gasteiger partial charge in [-0.1, -0.05) is 49.0 Å². The maximum atomic E-state index is 12.6. The Hall–Kier alpha value is -2.51. The van der Waals surface area contributed by atoms with Gasteiger partial charge in [-0.2, -0.15) is 0 Å². The number of thioether (sulfide) groups is 1. The second-order valence-electron chi connectivity index (χ2n) is 6.54. The lowest BCUT2D eigenvalue weighted by Crippen LogP contribution is -2.31. The molecular formula is C21H24N4O2S. The number of amides is 1. The van der Waals surface area contributed by atoms with Crippen LogP contribution in [-0.2, 0) is 4.79 Å². The number of benzene rings is 1. The van der Waals surface area contributed by atoms with E-state index in [2.05, 4.69) is 27.2 Å². The lowest BCUT2D eigenvalue weighted by Gasteiger charge is -2.16. The van der Waals surface area contributed by atoms with E-state index in [-0.39, 0.29) is 18.4 Å². The highest BCUT2D eigenvalue weighted by molar-refractivity contribution is 7.99. The number of hydrogen-bond donors (Lipinski definition) is 2. The minimum Gasteiger partial charge on any atom is -0.394 e. The van der Waals surface area contributed by atoms with Crippen LogP contribution in [0.4, 0.5) is 0 Å². The number of nitrogens with one attached hydrogen (secondary N) is 1. The van der Waals surface area contributed by atoms with Crippen molar-refractivity contribution in [3.8, 4) is 0 Å². The van der Waals surface area contributed by atoms with Crippen LogP contribution in [0.25, 0.3) is 0 Å². The summed E-state index contributed by atoms with van der Waals surface area (Å²) in [6.07, 6.45) is 6.41. The normalized spacial score (nSPS) is 16.7. The molecule has 0 saturated carbocycles. The third-order valence-electron chi connectivity index (χ3n) is 4.37. The second-order valence-corrected chi connectivity index (χ2v) is 7.61. The summed E-state index contributed by atoms with van der Waals surface area (Å²) in [7, 11) is 0. The summed E-state index contributed by atoms with van der Waals surface area (Å²) in [4.78, 5) is 25.9. The summed E-state index contributed by atoms with van der Waals surface area (Å²) in [5, 5.41) is 13.2. The fourth-order valence-corrected chi connectivity index (χ4v) is 3.57. The molecule has 2 aromatic rings. The molecule has 1 aromatic carbocycles. The molecule has 146 valence electrons. The van der Waals surface area contributed by atoms with E-state index >= 15 is 0 Å². The zero-order valence-electron chi connectivity index (χ0n) is 16.0. The standard InChI is InChI=1S/C21H24N4O2S/c1-3-9-28-21-23-11-14(2)19(25-21)16-10-17(22-12-16)20(27)24-18(13-26)15-7-5-4-6-8-15/h4-8,10-12,16,18,26H,3,9,13H2,1-2H3,(H,24,27)/t16?,18-/m1/s1. The van der Waals surface area contributed by atoms with E-state index in [1.807, 2.05) is 43.5 Å². The second kappa shape index (κ2) is 9.61. The van der Waals surface area contributed by atoms with E-state index in [0.717, 1.165) is 34.2 Å². The lowest BCUT2D eigenvalue weighted by molar-refractivity contribution is -0.118. The molecule has 7 heteroatoms. The first-order valence-corrected chi connectivity index (χ1v) is 10.3. The Labute approximate surface area is 169 Å². The summed E-state index contributed by atoms with van der Waals surface area (Å²) in [6, 6.07) is 8.91. The monoisotopic (exact) mass is 396 g/mol. The van der Waals surface area contributed by atoms with Gasteiger partial charge in [0.25, 0.3) is 5.91 Å². The highest BCUT2D eigenvalue weighted by atomic mass is 32.2. The van der Waals surface area contributed by atoms with Crippen LogP contribution in [0.2, 0.25) is 0 Å². The smallest absolute Gasteiger partial charge is 0.270 e. The van der Waals surface area contributed by atoms with Crippen molar-refractivity contribution in [2.45, 2.75) is 37.4 Å². The summed E-state index contributed by atoms with van der Waals surface area (Å²) in [6.45, 7) is 3.90. The highest BCUT2D eigenvalue weighted by Gasteiger charge is 2.23. The molecular weight excluding hydrogens is 372 g/mol. The topological polar surface area (TPSA) is 87.5 Å². The molecule has 1 aliphatic heterocycles. The highest BCUT2D eigenvalue weighted by Crippen LogP contribution is 2.26. The number of allylic oxidation sites excluding steroid dienone is 1. The molecule has 2 N–H and O–H groups in total. The van der Waals surface area contributed by atoms with Gasteiger partial charge in [0.05, 0.1) is 24.3 Å². The van der Waals surface area contributed by atoms with Crippen molar-refractivity contribution in [1.82, 2.24) is 15.3 Å². The molecule has 0 saturated heterocycles. The number of aliphatic hydroxyl groups is 1. The van der Waals surface area contributed by atoms with Gasteiger partial charge in [-0.3, -0.25) is 9.79 Å². The van der Waals surface area contributed by atoms with Crippen LogP contribution in [0.15, 0.2) is 58.5 Å². The number of carbonyl (C=O) groups is 1. The molecule has 1 amide bonds. The number of aliphatic imine (C=N–C) groups is 1. The summed E-state index contributed by atoms with van der Waals surface area (Å²) < 4.78 is 0. The van der Waals surface area contributed by atoms with Gasteiger partial charge >= 0.3 is 0 Å². The fraction of sp³-hybridized carbons (Fsp3) is 0.333. The zero-order chi connectivity index (χ0) is 19.9. The van der Waals surface area contributed by atoms with Gasteiger partial charge < -0.3 is 10.4 Å². The van der Waals surface area contributed by atoms with E-state index in [1.54, 1.807) is 24.1 Å². The summed E-state index contributed by atoms with van der Waals surface area (Å²) in [5.74, 6) is 0.496. The molecule has 6 nitrogen and oxygen atoms in total. The molecule has 28 heavy (non-hydrogen) atoms. The molecule has 0 fully saturated rings. The van der Waals surface area contributed by atoms with Crippen LogP contribution < -0.4 is 5.32 Å². The Kier molecular flexibility index (Phi) is 6.95. The fourth-order valence-electron chi connectivity index (χ4n) is 2.89. The predicted octanol–water partition coefficient (Wildman–Crippen LogP) is 3.19. The van der Waals surface area contributed by atoms with E-state index in [9.17, 15) is 9.90 Å². The van der Waals surface area contributed by atoms with Gasteiger partial charge in [0.15, 0.2) is 5.16 Å². The van der Waals surface area contributed by atoms with E-state index < -0.39 is 6.04 Å².